The summed E-state index contributed by atoms with van der Waals surface area (Å²) in [7, 11) is 0. The minimum Gasteiger partial charge on any atom is -0.491 e. The molecule has 1 atom stereocenters. The maximum absolute atomic E-state index is 10.7. The summed E-state index contributed by atoms with van der Waals surface area (Å²) < 4.78 is 5.58. The van der Waals surface area contributed by atoms with Crippen molar-refractivity contribution in [2.45, 2.75) is 33.2 Å². The van der Waals surface area contributed by atoms with E-state index >= 15 is 0 Å². The number of rotatable bonds is 6. The first-order chi connectivity index (χ1) is 9.19. The number of nitrogens with one attached hydrogen (secondary N) is 1. The van der Waals surface area contributed by atoms with Gasteiger partial charge in [-0.1, -0.05) is 18.5 Å². The molecule has 1 rings (SSSR count). The Balaban J connectivity index is 2.56. The first-order valence-corrected chi connectivity index (χ1v) is 6.88. The van der Waals surface area contributed by atoms with E-state index in [1.54, 1.807) is 0 Å². The maximum atomic E-state index is 10.7. The highest BCUT2D eigenvalue weighted by Gasteiger charge is 2.14. The highest BCUT2D eigenvalue weighted by Crippen LogP contribution is 2.29. The van der Waals surface area contributed by atoms with E-state index in [9.17, 15) is 10.1 Å². The van der Waals surface area contributed by atoms with Crippen LogP contribution in [0.15, 0.2) is 18.2 Å². The van der Waals surface area contributed by atoms with E-state index in [-0.39, 0.29) is 17.1 Å². The van der Waals surface area contributed by atoms with Crippen LogP contribution in [-0.2, 0) is 0 Å². The predicted octanol–water partition coefficient (Wildman–Crippen LogP) is 3.65. The van der Waals surface area contributed by atoms with Gasteiger partial charge in [0.05, 0.1) is 22.6 Å². The smallest absolute Gasteiger partial charge is 0.273 e. The van der Waals surface area contributed by atoms with Crippen molar-refractivity contribution in [3.63, 3.8) is 0 Å². The molecule has 0 aliphatic carbocycles. The van der Waals surface area contributed by atoms with Gasteiger partial charge in [0, 0.05) is 24.1 Å². The summed E-state index contributed by atoms with van der Waals surface area (Å²) >= 11 is 5.97. The summed E-state index contributed by atoms with van der Waals surface area (Å²) in [5, 5.41) is 14.5. The van der Waals surface area contributed by atoms with Crippen molar-refractivity contribution in [1.82, 2.24) is 5.32 Å². The van der Waals surface area contributed by atoms with Gasteiger partial charge in [-0.3, -0.25) is 10.1 Å². The van der Waals surface area contributed by atoms with Crippen molar-refractivity contribution in [2.75, 3.05) is 13.2 Å². The zero-order chi connectivity index (χ0) is 15.3. The van der Waals surface area contributed by atoms with Crippen LogP contribution >= 0.6 is 11.6 Å². The van der Waals surface area contributed by atoms with Crippen LogP contribution in [0.3, 0.4) is 0 Å². The molecule has 6 heteroatoms. The molecule has 1 N–H and O–H groups in total. The number of nitrogens with zero attached hydrogens (tertiary/aromatic N) is 1. The highest BCUT2D eigenvalue weighted by atomic mass is 35.5. The van der Waals surface area contributed by atoms with Crippen LogP contribution in [0.1, 0.15) is 27.7 Å². The van der Waals surface area contributed by atoms with Crippen molar-refractivity contribution in [2.24, 2.45) is 5.92 Å². The average molecular weight is 301 g/mol. The molecule has 1 unspecified atom stereocenters. The summed E-state index contributed by atoms with van der Waals surface area (Å²) in [5.74, 6) is 0.619. The summed E-state index contributed by atoms with van der Waals surface area (Å²) in [6.45, 7) is 9.58. The number of non-ortho nitro benzene ring substituents is 1. The SMILES string of the molecule is CC(CNC(C)(C)C)COc1cc([N+](=O)[O-])ccc1Cl. The summed E-state index contributed by atoms with van der Waals surface area (Å²) in [6.07, 6.45) is 0. The third-order valence-electron chi connectivity index (χ3n) is 2.63. The van der Waals surface area contributed by atoms with Crippen molar-refractivity contribution in [3.8, 4) is 5.75 Å². The second kappa shape index (κ2) is 6.90. The number of hydrogen-bond donors (Lipinski definition) is 1. The number of nitro groups is 1. The molecular weight excluding hydrogens is 280 g/mol. The third kappa shape index (κ3) is 5.75. The molecule has 0 spiro atoms. The molecule has 0 amide bonds. The molecule has 0 aromatic heterocycles. The fourth-order valence-electron chi connectivity index (χ4n) is 1.49. The number of nitro benzene ring substituents is 1. The van der Waals surface area contributed by atoms with E-state index in [4.69, 9.17) is 16.3 Å². The zero-order valence-electron chi connectivity index (χ0n) is 12.3. The van der Waals surface area contributed by atoms with Gasteiger partial charge in [-0.25, -0.2) is 0 Å². The minimum absolute atomic E-state index is 0.0233. The lowest BCUT2D eigenvalue weighted by molar-refractivity contribution is -0.384. The molecule has 20 heavy (non-hydrogen) atoms. The van der Waals surface area contributed by atoms with Gasteiger partial charge < -0.3 is 10.1 Å². The van der Waals surface area contributed by atoms with Crippen LogP contribution in [0.25, 0.3) is 0 Å². The summed E-state index contributed by atoms with van der Waals surface area (Å²) in [4.78, 5) is 10.2. The monoisotopic (exact) mass is 300 g/mol. The van der Waals surface area contributed by atoms with Crippen molar-refractivity contribution < 1.29 is 9.66 Å². The molecule has 112 valence electrons. The minimum atomic E-state index is -0.465. The van der Waals surface area contributed by atoms with Crippen LogP contribution in [0, 0.1) is 16.0 Å². The standard InChI is InChI=1S/C14H21ClN2O3/c1-10(8-16-14(2,3)4)9-20-13-7-11(17(18)19)5-6-12(13)15/h5-7,10,16H,8-9H2,1-4H3. The Morgan fingerprint density at radius 3 is 2.65 bits per heavy atom. The number of benzene rings is 1. The Morgan fingerprint density at radius 1 is 1.45 bits per heavy atom. The molecule has 5 nitrogen and oxygen atoms in total. The normalized spacial score (nSPS) is 13.1. The largest absolute Gasteiger partial charge is 0.491 e. The van der Waals surface area contributed by atoms with Crippen LogP contribution in [0.2, 0.25) is 5.02 Å². The predicted molar refractivity (Wildman–Crippen MR) is 80.5 cm³/mol. The number of ether oxygens (including phenoxy) is 1. The van der Waals surface area contributed by atoms with Gasteiger partial charge in [0.15, 0.2) is 0 Å². The summed E-state index contributed by atoms with van der Waals surface area (Å²) in [5.41, 5.74) is 0.0297. The van der Waals surface area contributed by atoms with E-state index in [0.29, 0.717) is 17.4 Å². The molecule has 0 saturated carbocycles. The van der Waals surface area contributed by atoms with Crippen LogP contribution in [0.5, 0.6) is 5.75 Å². The fraction of sp³-hybridized carbons (Fsp3) is 0.571. The Hall–Kier alpha value is -1.33. The number of halogens is 1. The summed E-state index contributed by atoms with van der Waals surface area (Å²) in [6, 6.07) is 4.19. The Kier molecular flexibility index (Phi) is 5.77. The van der Waals surface area contributed by atoms with Crippen LogP contribution in [-0.4, -0.2) is 23.6 Å². The van der Waals surface area contributed by atoms with Gasteiger partial charge in [-0.2, -0.15) is 0 Å². The van der Waals surface area contributed by atoms with E-state index in [1.165, 1.54) is 18.2 Å². The molecule has 1 aromatic rings. The lowest BCUT2D eigenvalue weighted by Gasteiger charge is -2.23. The maximum Gasteiger partial charge on any atom is 0.273 e. The molecule has 0 fully saturated rings. The van der Waals surface area contributed by atoms with Gasteiger partial charge >= 0.3 is 0 Å². The second-order valence-electron chi connectivity index (χ2n) is 5.92. The van der Waals surface area contributed by atoms with Gasteiger partial charge in [-0.05, 0) is 26.8 Å². The first kappa shape index (κ1) is 16.7. The lowest BCUT2D eigenvalue weighted by atomic mass is 10.1. The van der Waals surface area contributed by atoms with Crippen molar-refractivity contribution >= 4 is 17.3 Å². The quantitative estimate of drug-likeness (QED) is 0.643. The van der Waals surface area contributed by atoms with E-state index < -0.39 is 4.92 Å². The van der Waals surface area contributed by atoms with Gasteiger partial charge in [-0.15, -0.1) is 0 Å². The van der Waals surface area contributed by atoms with E-state index in [1.807, 2.05) is 6.92 Å². The molecule has 0 saturated heterocycles. The lowest BCUT2D eigenvalue weighted by Crippen LogP contribution is -2.39. The van der Waals surface area contributed by atoms with E-state index in [0.717, 1.165) is 6.54 Å². The van der Waals surface area contributed by atoms with Gasteiger partial charge in [0.2, 0.25) is 0 Å². The molecule has 1 aromatic carbocycles. The van der Waals surface area contributed by atoms with Crippen LogP contribution < -0.4 is 10.1 Å². The molecule has 0 radical (unpaired) electrons. The van der Waals surface area contributed by atoms with E-state index in [2.05, 4.69) is 26.1 Å². The molecule has 0 aliphatic heterocycles. The molecule has 0 heterocycles. The number of hydrogen-bond acceptors (Lipinski definition) is 4. The topological polar surface area (TPSA) is 64.4 Å². The van der Waals surface area contributed by atoms with Crippen molar-refractivity contribution in [1.29, 1.82) is 0 Å². The second-order valence-corrected chi connectivity index (χ2v) is 6.33. The first-order valence-electron chi connectivity index (χ1n) is 6.51. The molecular formula is C14H21ClN2O3. The molecule has 0 aliphatic rings. The third-order valence-corrected chi connectivity index (χ3v) is 2.94. The van der Waals surface area contributed by atoms with Gasteiger partial charge in [0.1, 0.15) is 5.75 Å². The Morgan fingerprint density at radius 2 is 2.10 bits per heavy atom. The zero-order valence-corrected chi connectivity index (χ0v) is 13.0. The fourth-order valence-corrected chi connectivity index (χ4v) is 1.66. The average Bonchev–Trinajstić information content (AvgIpc) is 2.34. The van der Waals surface area contributed by atoms with Crippen molar-refractivity contribution in [3.05, 3.63) is 33.3 Å². The molecule has 0 bridgehead atoms. The van der Waals surface area contributed by atoms with Crippen LogP contribution in [0.4, 0.5) is 5.69 Å². The Bertz CT molecular complexity index is 472. The Labute approximate surface area is 124 Å². The van der Waals surface area contributed by atoms with Gasteiger partial charge in [0.25, 0.3) is 5.69 Å². The highest BCUT2D eigenvalue weighted by molar-refractivity contribution is 6.32.